The summed E-state index contributed by atoms with van der Waals surface area (Å²) in [5.74, 6) is 0.297. The molecule has 0 aromatic heterocycles. The van der Waals surface area contributed by atoms with E-state index in [4.69, 9.17) is 4.74 Å². The molecule has 6 heteroatoms. The van der Waals surface area contributed by atoms with Crippen molar-refractivity contribution in [3.05, 3.63) is 59.9 Å². The molecule has 2 aromatic rings. The molecule has 0 bridgehead atoms. The molecule has 0 spiro atoms. The van der Waals surface area contributed by atoms with E-state index in [-0.39, 0.29) is 31.1 Å². The lowest BCUT2D eigenvalue weighted by molar-refractivity contribution is 0.166. The van der Waals surface area contributed by atoms with Gasteiger partial charge in [-0.15, -0.1) is 0 Å². The highest BCUT2D eigenvalue weighted by Crippen LogP contribution is 2.21. The third kappa shape index (κ3) is 4.28. The Morgan fingerprint density at radius 3 is 2.72 bits per heavy atom. The molecule has 1 aliphatic heterocycles. The number of halogens is 1. The van der Waals surface area contributed by atoms with E-state index in [1.54, 1.807) is 47.4 Å². The van der Waals surface area contributed by atoms with Crippen LogP contribution in [-0.4, -0.2) is 35.2 Å². The Bertz CT molecular complexity index is 721. The van der Waals surface area contributed by atoms with E-state index in [9.17, 15) is 14.3 Å². The molecule has 2 amide bonds. The number of aliphatic hydroxyl groups excluding tert-OH is 1. The lowest BCUT2D eigenvalue weighted by Gasteiger charge is -2.23. The number of nitrogens with zero attached hydrogens (tertiary/aromatic N) is 1. The minimum atomic E-state index is -0.296. The van der Waals surface area contributed by atoms with Gasteiger partial charge in [0.1, 0.15) is 18.2 Å². The maximum atomic E-state index is 13.6. The minimum absolute atomic E-state index is 0.0176. The topological polar surface area (TPSA) is 61.8 Å². The summed E-state index contributed by atoms with van der Waals surface area (Å²) in [5, 5.41) is 12.1. The second-order valence-electron chi connectivity index (χ2n) is 6.01. The van der Waals surface area contributed by atoms with Crippen LogP contribution in [0.2, 0.25) is 0 Å². The molecule has 1 aliphatic rings. The van der Waals surface area contributed by atoms with E-state index in [0.717, 1.165) is 12.8 Å². The first kappa shape index (κ1) is 17.2. The van der Waals surface area contributed by atoms with Gasteiger partial charge in [0.25, 0.3) is 0 Å². The number of anilines is 1. The normalized spacial score (nSPS) is 16.7. The van der Waals surface area contributed by atoms with Crippen LogP contribution in [0.1, 0.15) is 18.4 Å². The van der Waals surface area contributed by atoms with Gasteiger partial charge in [-0.05, 0) is 43.2 Å². The Hall–Kier alpha value is -2.60. The molecule has 2 N–H and O–H groups in total. The Labute approximate surface area is 146 Å². The van der Waals surface area contributed by atoms with Crippen molar-refractivity contribution in [1.82, 2.24) is 4.90 Å². The number of ether oxygens (including phenoxy) is 1. The number of urea groups is 1. The van der Waals surface area contributed by atoms with Gasteiger partial charge in [-0.1, -0.05) is 18.2 Å². The van der Waals surface area contributed by atoms with Gasteiger partial charge in [0.05, 0.1) is 12.6 Å². The second kappa shape index (κ2) is 7.98. The quantitative estimate of drug-likeness (QED) is 0.874. The lowest BCUT2D eigenvalue weighted by Crippen LogP contribution is -2.40. The standard InChI is InChI=1S/C19H21FN2O3/c20-18-6-2-1-4-14(18)13-25-17-9-7-15(8-10-17)21-19(24)22-11-3-5-16(22)12-23/h1-2,4,6-10,16,23H,3,5,11-13H2,(H,21,24)/t16-/m0/s1. The number of likely N-dealkylation sites (tertiary alicyclic amines) is 1. The number of carbonyl (C=O) groups excluding carboxylic acids is 1. The van der Waals surface area contributed by atoms with Crippen LogP contribution < -0.4 is 10.1 Å². The monoisotopic (exact) mass is 344 g/mol. The molecule has 3 rings (SSSR count). The zero-order valence-corrected chi connectivity index (χ0v) is 13.8. The summed E-state index contributed by atoms with van der Waals surface area (Å²) >= 11 is 0. The third-order valence-electron chi connectivity index (χ3n) is 4.31. The lowest BCUT2D eigenvalue weighted by atomic mass is 10.2. The summed E-state index contributed by atoms with van der Waals surface area (Å²) in [6.07, 6.45) is 1.73. The fourth-order valence-corrected chi connectivity index (χ4v) is 2.90. The third-order valence-corrected chi connectivity index (χ3v) is 4.31. The van der Waals surface area contributed by atoms with E-state index in [1.807, 2.05) is 0 Å². The van der Waals surface area contributed by atoms with Gasteiger partial charge in [-0.3, -0.25) is 0 Å². The van der Waals surface area contributed by atoms with Crippen molar-refractivity contribution >= 4 is 11.7 Å². The fourth-order valence-electron chi connectivity index (χ4n) is 2.90. The van der Waals surface area contributed by atoms with Gasteiger partial charge >= 0.3 is 6.03 Å². The number of amides is 2. The first-order valence-corrected chi connectivity index (χ1v) is 8.32. The molecule has 1 heterocycles. The predicted molar refractivity (Wildman–Crippen MR) is 93.0 cm³/mol. The SMILES string of the molecule is O=C(Nc1ccc(OCc2ccccc2F)cc1)N1CCC[C@H]1CO. The van der Waals surface area contributed by atoms with Crippen LogP contribution in [0.5, 0.6) is 5.75 Å². The van der Waals surface area contributed by atoms with E-state index in [0.29, 0.717) is 23.5 Å². The van der Waals surface area contributed by atoms with Crippen molar-refractivity contribution < 1.29 is 19.0 Å². The molecule has 0 aliphatic carbocycles. The fraction of sp³-hybridized carbons (Fsp3) is 0.316. The van der Waals surface area contributed by atoms with Crippen LogP contribution in [0.25, 0.3) is 0 Å². The van der Waals surface area contributed by atoms with E-state index >= 15 is 0 Å². The summed E-state index contributed by atoms with van der Waals surface area (Å²) in [5.41, 5.74) is 1.13. The van der Waals surface area contributed by atoms with Crippen LogP contribution in [-0.2, 0) is 6.61 Å². The molecular formula is C19H21FN2O3. The van der Waals surface area contributed by atoms with Gasteiger partial charge in [0.15, 0.2) is 0 Å². The Kier molecular flexibility index (Phi) is 5.50. The van der Waals surface area contributed by atoms with Gasteiger partial charge in [0, 0.05) is 17.8 Å². The largest absolute Gasteiger partial charge is 0.489 e. The molecule has 0 unspecified atom stereocenters. The summed E-state index contributed by atoms with van der Waals surface area (Å²) in [7, 11) is 0. The van der Waals surface area contributed by atoms with Crippen LogP contribution in [0.3, 0.4) is 0 Å². The molecule has 2 aromatic carbocycles. The molecule has 25 heavy (non-hydrogen) atoms. The first-order valence-electron chi connectivity index (χ1n) is 8.32. The van der Waals surface area contributed by atoms with Crippen LogP contribution in [0, 0.1) is 5.82 Å². The summed E-state index contributed by atoms with van der Waals surface area (Å²) in [6, 6.07) is 13.1. The highest BCUT2D eigenvalue weighted by atomic mass is 19.1. The van der Waals surface area contributed by atoms with Gasteiger partial charge in [0.2, 0.25) is 0 Å². The number of hydrogen-bond acceptors (Lipinski definition) is 3. The molecule has 5 nitrogen and oxygen atoms in total. The zero-order chi connectivity index (χ0) is 17.6. The minimum Gasteiger partial charge on any atom is -0.489 e. The smallest absolute Gasteiger partial charge is 0.322 e. The molecule has 1 fully saturated rings. The highest BCUT2D eigenvalue weighted by Gasteiger charge is 2.27. The van der Waals surface area contributed by atoms with Crippen molar-refractivity contribution in [3.63, 3.8) is 0 Å². The molecular weight excluding hydrogens is 323 g/mol. The van der Waals surface area contributed by atoms with Crippen LogP contribution in [0.15, 0.2) is 48.5 Å². The summed E-state index contributed by atoms with van der Waals surface area (Å²) in [6.45, 7) is 0.779. The van der Waals surface area contributed by atoms with Crippen molar-refractivity contribution in [3.8, 4) is 5.75 Å². The Balaban J connectivity index is 1.55. The molecule has 0 radical (unpaired) electrons. The number of benzene rings is 2. The van der Waals surface area contributed by atoms with Gasteiger partial charge in [-0.2, -0.15) is 0 Å². The van der Waals surface area contributed by atoms with Crippen molar-refractivity contribution in [1.29, 1.82) is 0 Å². The van der Waals surface area contributed by atoms with Gasteiger partial charge < -0.3 is 20.1 Å². The number of hydrogen-bond donors (Lipinski definition) is 2. The van der Waals surface area contributed by atoms with Crippen molar-refractivity contribution in [2.24, 2.45) is 0 Å². The van der Waals surface area contributed by atoms with Crippen molar-refractivity contribution in [2.45, 2.75) is 25.5 Å². The number of rotatable bonds is 5. The Morgan fingerprint density at radius 1 is 1.24 bits per heavy atom. The molecule has 0 saturated carbocycles. The average molecular weight is 344 g/mol. The number of carbonyl (C=O) groups is 1. The van der Waals surface area contributed by atoms with E-state index in [1.165, 1.54) is 6.07 Å². The maximum absolute atomic E-state index is 13.6. The summed E-state index contributed by atoms with van der Waals surface area (Å²) < 4.78 is 19.1. The Morgan fingerprint density at radius 2 is 2.00 bits per heavy atom. The molecule has 1 saturated heterocycles. The van der Waals surface area contributed by atoms with Crippen molar-refractivity contribution in [2.75, 3.05) is 18.5 Å². The maximum Gasteiger partial charge on any atom is 0.322 e. The van der Waals surface area contributed by atoms with E-state index in [2.05, 4.69) is 5.32 Å². The molecule has 132 valence electrons. The van der Waals surface area contributed by atoms with E-state index < -0.39 is 0 Å². The number of aliphatic hydroxyl groups is 1. The average Bonchev–Trinajstić information content (AvgIpc) is 3.11. The van der Waals surface area contributed by atoms with Crippen LogP contribution in [0.4, 0.5) is 14.9 Å². The van der Waals surface area contributed by atoms with Gasteiger partial charge in [-0.25, -0.2) is 9.18 Å². The predicted octanol–water partition coefficient (Wildman–Crippen LogP) is 3.39. The summed E-state index contributed by atoms with van der Waals surface area (Å²) in [4.78, 5) is 13.9. The molecule has 1 atom stereocenters. The van der Waals surface area contributed by atoms with Crippen LogP contribution >= 0.6 is 0 Å². The number of nitrogens with one attached hydrogen (secondary N) is 1. The second-order valence-corrected chi connectivity index (χ2v) is 6.01. The first-order chi connectivity index (χ1) is 12.2. The highest BCUT2D eigenvalue weighted by molar-refractivity contribution is 5.89. The zero-order valence-electron chi connectivity index (χ0n) is 13.8.